The molecule has 0 saturated carbocycles. The maximum Gasteiger partial charge on any atom is 0.257 e. The summed E-state index contributed by atoms with van der Waals surface area (Å²) in [5.41, 5.74) is 1.19. The van der Waals surface area contributed by atoms with E-state index >= 15 is 0 Å². The molecule has 3 rings (SSSR count). The highest BCUT2D eigenvalue weighted by molar-refractivity contribution is 9.11. The van der Waals surface area contributed by atoms with Gasteiger partial charge in [0.05, 0.1) is 25.0 Å². The molecule has 130 valence electrons. The molecular weight excluding hydrogens is 444 g/mol. The summed E-state index contributed by atoms with van der Waals surface area (Å²) in [6.45, 7) is 1.59. The van der Waals surface area contributed by atoms with E-state index < -0.39 is 9.84 Å². The second kappa shape index (κ2) is 7.36. The number of aromatic nitrogens is 1. The first kappa shape index (κ1) is 18.2. The topological polar surface area (TPSA) is 76.1 Å². The monoisotopic (exact) mass is 456 g/mol. The number of nitrogens with zero attached hydrogens (tertiary/aromatic N) is 1. The Morgan fingerprint density at radius 2 is 1.92 bits per heavy atom. The van der Waals surface area contributed by atoms with Gasteiger partial charge in [-0.1, -0.05) is 6.92 Å². The predicted octanol–water partition coefficient (Wildman–Crippen LogP) is 4.68. The summed E-state index contributed by atoms with van der Waals surface area (Å²) in [7, 11) is -3.27. The van der Waals surface area contributed by atoms with Crippen LogP contribution in [0, 0.1) is 0 Å². The van der Waals surface area contributed by atoms with E-state index in [9.17, 15) is 13.2 Å². The van der Waals surface area contributed by atoms with E-state index in [-0.39, 0.29) is 16.6 Å². The first-order chi connectivity index (χ1) is 11.9. The first-order valence-corrected chi connectivity index (χ1v) is 11.4. The quantitative estimate of drug-likeness (QED) is 0.604. The number of hydrogen-bond acceptors (Lipinski definition) is 6. The fraction of sp³-hybridized carbons (Fsp3) is 0.125. The molecule has 0 aliphatic carbocycles. The maximum atomic E-state index is 12.3. The lowest BCUT2D eigenvalue weighted by molar-refractivity contribution is 0.102. The minimum atomic E-state index is -3.27. The lowest BCUT2D eigenvalue weighted by atomic mass is 10.2. The molecule has 5 nitrogen and oxygen atoms in total. The molecule has 0 saturated heterocycles. The number of amides is 1. The molecule has 2 aromatic heterocycles. The average Bonchev–Trinajstić information content (AvgIpc) is 3.24. The van der Waals surface area contributed by atoms with Gasteiger partial charge in [0.25, 0.3) is 5.91 Å². The summed E-state index contributed by atoms with van der Waals surface area (Å²) in [4.78, 5) is 17.9. The summed E-state index contributed by atoms with van der Waals surface area (Å²) in [5, 5.41) is 5.11. The van der Waals surface area contributed by atoms with Crippen LogP contribution in [-0.2, 0) is 9.84 Å². The van der Waals surface area contributed by atoms with E-state index in [1.807, 2.05) is 17.5 Å². The van der Waals surface area contributed by atoms with Gasteiger partial charge in [0.2, 0.25) is 0 Å². The van der Waals surface area contributed by atoms with Crippen molar-refractivity contribution < 1.29 is 13.2 Å². The Hall–Kier alpha value is -1.55. The number of rotatable bonds is 5. The van der Waals surface area contributed by atoms with Gasteiger partial charge in [-0.3, -0.25) is 10.1 Å². The van der Waals surface area contributed by atoms with Crippen molar-refractivity contribution in [3.05, 3.63) is 51.1 Å². The average molecular weight is 457 g/mol. The van der Waals surface area contributed by atoms with Gasteiger partial charge in [0.1, 0.15) is 0 Å². The largest absolute Gasteiger partial charge is 0.298 e. The predicted molar refractivity (Wildman–Crippen MR) is 105 cm³/mol. The molecule has 0 bridgehead atoms. The van der Waals surface area contributed by atoms with Crippen LogP contribution in [0.2, 0.25) is 0 Å². The second-order valence-corrected chi connectivity index (χ2v) is 10.6. The fourth-order valence-electron chi connectivity index (χ4n) is 2.05. The van der Waals surface area contributed by atoms with E-state index in [0.717, 1.165) is 14.4 Å². The Labute approximate surface area is 161 Å². The third-order valence-corrected chi connectivity index (χ3v) is 7.56. The van der Waals surface area contributed by atoms with Crippen LogP contribution in [-0.4, -0.2) is 25.1 Å². The summed E-state index contributed by atoms with van der Waals surface area (Å²) in [6, 6.07) is 9.81. The Balaban J connectivity index is 1.73. The molecule has 3 aromatic rings. The standard InChI is InChI=1S/C16H13BrN2O3S3/c1-2-25(21,22)11-5-3-10(4-6-11)15(20)19-16-18-12(9-23-16)13-7-8-14(17)24-13/h3-9H,2H2,1H3,(H,18,19,20). The van der Waals surface area contributed by atoms with Crippen LogP contribution in [0.1, 0.15) is 17.3 Å². The normalized spacial score (nSPS) is 11.4. The molecule has 0 atom stereocenters. The van der Waals surface area contributed by atoms with Gasteiger partial charge in [-0.15, -0.1) is 22.7 Å². The molecule has 0 radical (unpaired) electrons. The number of halogens is 1. The number of thiophene rings is 1. The van der Waals surface area contributed by atoms with Crippen LogP contribution in [0.5, 0.6) is 0 Å². The number of hydrogen-bond donors (Lipinski definition) is 1. The Morgan fingerprint density at radius 1 is 1.20 bits per heavy atom. The Bertz CT molecular complexity index is 1010. The smallest absolute Gasteiger partial charge is 0.257 e. The highest BCUT2D eigenvalue weighted by atomic mass is 79.9. The highest BCUT2D eigenvalue weighted by Crippen LogP contribution is 2.33. The molecular formula is C16H13BrN2O3S3. The highest BCUT2D eigenvalue weighted by Gasteiger charge is 2.14. The minimum Gasteiger partial charge on any atom is -0.298 e. The molecule has 1 amide bonds. The minimum absolute atomic E-state index is 0.0271. The molecule has 1 aromatic carbocycles. The number of carbonyl (C=O) groups excluding carboxylic acids is 1. The molecule has 0 aliphatic heterocycles. The molecule has 1 N–H and O–H groups in total. The zero-order valence-corrected chi connectivity index (χ0v) is 17.1. The number of benzene rings is 1. The van der Waals surface area contributed by atoms with E-state index in [0.29, 0.717) is 10.7 Å². The molecule has 0 unspecified atom stereocenters. The van der Waals surface area contributed by atoms with Gasteiger partial charge in [-0.05, 0) is 52.3 Å². The molecule has 2 heterocycles. The van der Waals surface area contributed by atoms with Crippen molar-refractivity contribution in [1.82, 2.24) is 4.98 Å². The zero-order valence-electron chi connectivity index (χ0n) is 13.0. The Kier molecular flexibility index (Phi) is 5.38. The van der Waals surface area contributed by atoms with Gasteiger partial charge < -0.3 is 0 Å². The summed E-state index contributed by atoms with van der Waals surface area (Å²) < 4.78 is 24.6. The van der Waals surface area contributed by atoms with Gasteiger partial charge in [-0.2, -0.15) is 0 Å². The van der Waals surface area contributed by atoms with Crippen molar-refractivity contribution in [3.63, 3.8) is 0 Å². The van der Waals surface area contributed by atoms with Crippen molar-refractivity contribution in [2.45, 2.75) is 11.8 Å². The maximum absolute atomic E-state index is 12.3. The molecule has 0 spiro atoms. The van der Waals surface area contributed by atoms with E-state index in [2.05, 4.69) is 26.2 Å². The summed E-state index contributed by atoms with van der Waals surface area (Å²) in [5.74, 6) is -0.298. The number of sulfone groups is 1. The van der Waals surface area contributed by atoms with E-state index in [1.165, 1.54) is 35.6 Å². The SMILES string of the molecule is CCS(=O)(=O)c1ccc(C(=O)Nc2nc(-c3ccc(Br)s3)cs2)cc1. The third kappa shape index (κ3) is 4.17. The zero-order chi connectivity index (χ0) is 18.0. The van der Waals surface area contributed by atoms with Gasteiger partial charge in [0, 0.05) is 10.9 Å². The molecule has 0 fully saturated rings. The van der Waals surface area contributed by atoms with Crippen LogP contribution < -0.4 is 5.32 Å². The van der Waals surface area contributed by atoms with Crippen molar-refractivity contribution in [2.75, 3.05) is 11.1 Å². The van der Waals surface area contributed by atoms with Gasteiger partial charge in [-0.25, -0.2) is 13.4 Å². The van der Waals surface area contributed by atoms with Crippen LogP contribution >= 0.6 is 38.6 Å². The van der Waals surface area contributed by atoms with Crippen molar-refractivity contribution in [1.29, 1.82) is 0 Å². The Morgan fingerprint density at radius 3 is 2.52 bits per heavy atom. The van der Waals surface area contributed by atoms with Crippen LogP contribution in [0.25, 0.3) is 10.6 Å². The lowest BCUT2D eigenvalue weighted by Gasteiger charge is -2.04. The third-order valence-electron chi connectivity index (χ3n) is 3.41. The van der Waals surface area contributed by atoms with Crippen molar-refractivity contribution in [2.24, 2.45) is 0 Å². The van der Waals surface area contributed by atoms with E-state index in [1.54, 1.807) is 18.3 Å². The van der Waals surface area contributed by atoms with Gasteiger partial charge >= 0.3 is 0 Å². The fourth-order valence-corrected chi connectivity index (χ4v) is 5.06. The van der Waals surface area contributed by atoms with E-state index in [4.69, 9.17) is 0 Å². The van der Waals surface area contributed by atoms with Gasteiger partial charge in [0.15, 0.2) is 15.0 Å². The first-order valence-electron chi connectivity index (χ1n) is 7.24. The van der Waals surface area contributed by atoms with Crippen molar-refractivity contribution >= 4 is 59.5 Å². The molecule has 0 aliphatic rings. The lowest BCUT2D eigenvalue weighted by Crippen LogP contribution is -2.12. The molecule has 25 heavy (non-hydrogen) atoms. The van der Waals surface area contributed by atoms with Crippen molar-refractivity contribution in [3.8, 4) is 10.6 Å². The second-order valence-electron chi connectivity index (χ2n) is 5.02. The summed E-state index contributed by atoms with van der Waals surface area (Å²) in [6.07, 6.45) is 0. The molecule has 9 heteroatoms. The van der Waals surface area contributed by atoms with Crippen LogP contribution in [0.15, 0.2) is 50.5 Å². The number of anilines is 1. The van der Waals surface area contributed by atoms with Crippen LogP contribution in [0.3, 0.4) is 0 Å². The number of thiazole rings is 1. The van der Waals surface area contributed by atoms with Crippen LogP contribution in [0.4, 0.5) is 5.13 Å². The summed E-state index contributed by atoms with van der Waals surface area (Å²) >= 11 is 6.32. The number of nitrogens with one attached hydrogen (secondary N) is 1. The number of carbonyl (C=O) groups is 1.